The largest absolute Gasteiger partial charge is 0.0795 e. The summed E-state index contributed by atoms with van der Waals surface area (Å²) < 4.78 is 0. The van der Waals surface area contributed by atoms with Crippen LogP contribution < -0.4 is 0 Å². The maximum absolute atomic E-state index is 3.39. The molecule has 0 aromatic heterocycles. The third-order valence-corrected chi connectivity index (χ3v) is 2.69. The minimum atomic E-state index is 0. The van der Waals surface area contributed by atoms with E-state index in [0.29, 0.717) is 0 Å². The molecule has 1 rings (SSSR count). The first-order chi connectivity index (χ1) is 10.7. The van der Waals surface area contributed by atoms with Gasteiger partial charge in [0, 0.05) is 29.5 Å². The average Bonchev–Trinajstić information content (AvgIpc) is 2.61. The van der Waals surface area contributed by atoms with Crippen LogP contribution >= 0.6 is 0 Å². The molecule has 1 aliphatic rings. The van der Waals surface area contributed by atoms with Gasteiger partial charge in [-0.3, -0.25) is 0 Å². The van der Waals surface area contributed by atoms with Crippen molar-refractivity contribution >= 4 is 23.9 Å². The van der Waals surface area contributed by atoms with E-state index in [9.17, 15) is 0 Å². The first kappa shape index (κ1) is 30.3. The van der Waals surface area contributed by atoms with Gasteiger partial charge in [-0.1, -0.05) is 116 Å². The zero-order chi connectivity index (χ0) is 17.5. The Morgan fingerprint density at radius 2 is 1.26 bits per heavy atom. The summed E-state index contributed by atoms with van der Waals surface area (Å²) in [5, 5.41) is 0. The zero-order valence-corrected chi connectivity index (χ0v) is 19.3. The summed E-state index contributed by atoms with van der Waals surface area (Å²) in [5.74, 6) is 0. The molecule has 0 aromatic rings. The third-order valence-electron chi connectivity index (χ3n) is 2.69. The van der Waals surface area contributed by atoms with Crippen molar-refractivity contribution in [1.29, 1.82) is 0 Å². The van der Waals surface area contributed by atoms with Crippen LogP contribution in [0.5, 0.6) is 0 Å². The second kappa shape index (κ2) is 33.1. The van der Waals surface area contributed by atoms with Gasteiger partial charge in [0.25, 0.3) is 0 Å². The molecule has 4 radical (unpaired) electrons. The summed E-state index contributed by atoms with van der Waals surface area (Å²) in [6, 6.07) is 0. The van der Waals surface area contributed by atoms with E-state index in [0.717, 1.165) is 12.0 Å². The number of hydrogen-bond acceptors (Lipinski definition) is 0. The van der Waals surface area contributed by atoms with Crippen LogP contribution in [0.2, 0.25) is 0 Å². The molecule has 23 heavy (non-hydrogen) atoms. The molecule has 0 bridgehead atoms. The van der Waals surface area contributed by atoms with Gasteiger partial charge in [-0.15, -0.1) is 0 Å². The van der Waals surface area contributed by atoms with Crippen LogP contribution in [-0.2, 0) is 0 Å². The molecule has 130 valence electrons. The van der Waals surface area contributed by atoms with E-state index < -0.39 is 0 Å². The van der Waals surface area contributed by atoms with Crippen LogP contribution in [0.15, 0.2) is 53.6 Å². The van der Waals surface area contributed by atoms with Gasteiger partial charge in [0.1, 0.15) is 0 Å². The summed E-state index contributed by atoms with van der Waals surface area (Å²) in [6.07, 6.45) is 16.9. The minimum Gasteiger partial charge on any atom is -0.0795 e. The smallest absolute Gasteiger partial charge is 0.00681 e. The second-order valence-corrected chi connectivity index (χ2v) is 4.94. The van der Waals surface area contributed by atoms with E-state index in [4.69, 9.17) is 0 Å². The molecule has 0 spiro atoms. The standard InChI is InChI=1S/C10H8.3C4H10.Sn/c1-2-3-7-10-8-5-4-6-9-10;3*1-3-4-2;/h4-6,8H,1,9H2;3*3-4H2,1-2H3;. The van der Waals surface area contributed by atoms with Crippen molar-refractivity contribution in [1.82, 2.24) is 0 Å². The third kappa shape index (κ3) is 38.8. The van der Waals surface area contributed by atoms with Crippen molar-refractivity contribution in [2.24, 2.45) is 0 Å². The molecule has 0 amide bonds. The first-order valence-electron chi connectivity index (χ1n) is 8.90. The fourth-order valence-electron chi connectivity index (χ4n) is 0.730. The molecule has 1 heteroatoms. The normalized spacial score (nSPS) is 9.91. The molecular formula is C22H38Sn. The maximum Gasteiger partial charge on any atom is 0.00681 e. The SMILES string of the molecule is C=C=C=C=C1C=CC=CC1.CCCC.CCCC.CCCC.[Sn]. The summed E-state index contributed by atoms with van der Waals surface area (Å²) in [7, 11) is 0. The van der Waals surface area contributed by atoms with Crippen LogP contribution in [0.3, 0.4) is 0 Å². The molecule has 0 aromatic carbocycles. The van der Waals surface area contributed by atoms with Crippen LogP contribution in [-0.4, -0.2) is 23.9 Å². The van der Waals surface area contributed by atoms with Crippen LogP contribution in [0.25, 0.3) is 0 Å². The predicted molar refractivity (Wildman–Crippen MR) is 110 cm³/mol. The van der Waals surface area contributed by atoms with E-state index in [1.54, 1.807) is 0 Å². The number of rotatable bonds is 3. The Kier molecular flexibility index (Phi) is 43.5. The van der Waals surface area contributed by atoms with Crippen molar-refractivity contribution in [2.75, 3.05) is 0 Å². The van der Waals surface area contributed by atoms with Gasteiger partial charge in [0.2, 0.25) is 0 Å². The van der Waals surface area contributed by atoms with Crippen LogP contribution in [0, 0.1) is 0 Å². The Labute approximate surface area is 163 Å². The van der Waals surface area contributed by atoms with Crippen molar-refractivity contribution in [3.05, 3.63) is 53.6 Å². The average molecular weight is 421 g/mol. The summed E-state index contributed by atoms with van der Waals surface area (Å²) >= 11 is 0. The maximum atomic E-state index is 3.39. The van der Waals surface area contributed by atoms with Crippen molar-refractivity contribution in [3.8, 4) is 0 Å². The summed E-state index contributed by atoms with van der Waals surface area (Å²) in [4.78, 5) is 0. The predicted octanol–water partition coefficient (Wildman–Crippen LogP) is 7.56. The number of allylic oxidation sites excluding steroid dienone is 5. The van der Waals surface area contributed by atoms with Gasteiger partial charge in [0.15, 0.2) is 0 Å². The molecule has 0 atom stereocenters. The van der Waals surface area contributed by atoms with Gasteiger partial charge in [-0.25, -0.2) is 0 Å². The number of unbranched alkanes of at least 4 members (excludes halogenated alkanes) is 3. The molecule has 0 saturated heterocycles. The molecule has 0 aliphatic heterocycles. The van der Waals surface area contributed by atoms with Crippen molar-refractivity contribution in [3.63, 3.8) is 0 Å². The van der Waals surface area contributed by atoms with E-state index in [1.807, 2.05) is 18.2 Å². The molecule has 0 nitrogen and oxygen atoms in total. The molecule has 1 aliphatic carbocycles. The fraction of sp³-hybridized carbons (Fsp3) is 0.591. The molecule has 0 fully saturated rings. The Hall–Kier alpha value is -0.641. The van der Waals surface area contributed by atoms with Gasteiger partial charge in [0.05, 0.1) is 0 Å². The topological polar surface area (TPSA) is 0 Å². The van der Waals surface area contributed by atoms with Crippen LogP contribution in [0.4, 0.5) is 0 Å². The van der Waals surface area contributed by atoms with E-state index in [-0.39, 0.29) is 23.9 Å². The van der Waals surface area contributed by atoms with Gasteiger partial charge in [-0.2, -0.15) is 0 Å². The summed E-state index contributed by atoms with van der Waals surface area (Å²) in [6.45, 7) is 16.5. The molecule has 0 N–H and O–H groups in total. The number of hydrogen-bond donors (Lipinski definition) is 0. The van der Waals surface area contributed by atoms with E-state index >= 15 is 0 Å². The Bertz CT molecular complexity index is 353. The zero-order valence-electron chi connectivity index (χ0n) is 16.5. The van der Waals surface area contributed by atoms with E-state index in [1.165, 1.54) is 38.5 Å². The van der Waals surface area contributed by atoms with Gasteiger partial charge < -0.3 is 0 Å². The van der Waals surface area contributed by atoms with Crippen molar-refractivity contribution in [2.45, 2.75) is 86.5 Å². The second-order valence-electron chi connectivity index (χ2n) is 4.94. The van der Waals surface area contributed by atoms with Crippen LogP contribution in [0.1, 0.15) is 86.5 Å². The van der Waals surface area contributed by atoms with Gasteiger partial charge >= 0.3 is 0 Å². The van der Waals surface area contributed by atoms with E-state index in [2.05, 4.69) is 71.4 Å². The molecular weight excluding hydrogens is 383 g/mol. The summed E-state index contributed by atoms with van der Waals surface area (Å²) in [5.41, 5.74) is 9.26. The Balaban J connectivity index is -0.000000118. The molecule has 0 heterocycles. The minimum absolute atomic E-state index is 0. The molecule has 0 saturated carbocycles. The Morgan fingerprint density at radius 1 is 0.826 bits per heavy atom. The quantitative estimate of drug-likeness (QED) is 0.326. The van der Waals surface area contributed by atoms with Crippen molar-refractivity contribution < 1.29 is 0 Å². The monoisotopic (exact) mass is 422 g/mol. The van der Waals surface area contributed by atoms with Gasteiger partial charge in [-0.05, 0) is 18.7 Å². The Morgan fingerprint density at radius 3 is 1.52 bits per heavy atom. The fourth-order valence-corrected chi connectivity index (χ4v) is 0.730. The first-order valence-corrected chi connectivity index (χ1v) is 8.90. The molecule has 0 unspecified atom stereocenters.